The molecule has 0 aliphatic carbocycles. The number of Topliss-reactive ketones (excluding diaryl/α,β-unsaturated/α-hetero) is 1. The molecule has 0 fully saturated rings. The van der Waals surface area contributed by atoms with Crippen LogP contribution in [0.1, 0.15) is 38.3 Å². The van der Waals surface area contributed by atoms with Crippen LogP contribution >= 0.6 is 23.8 Å². The SMILES string of the molecule is Cc1c(C(=O)CC(=S)Cc2cc(C(=O)O)ccc2Cl)cccc1[N+](=O)[O-]. The molecular formula is C18H14ClNO5S. The van der Waals surface area contributed by atoms with Crippen molar-refractivity contribution in [3.05, 3.63) is 73.8 Å². The van der Waals surface area contributed by atoms with Crippen LogP contribution in [0.25, 0.3) is 0 Å². The number of nitrogens with zero attached hydrogens (tertiary/aromatic N) is 1. The number of benzene rings is 2. The third kappa shape index (κ3) is 4.50. The zero-order valence-electron chi connectivity index (χ0n) is 13.7. The van der Waals surface area contributed by atoms with Gasteiger partial charge in [0.15, 0.2) is 5.78 Å². The van der Waals surface area contributed by atoms with Crippen LogP contribution in [0.4, 0.5) is 5.69 Å². The maximum absolute atomic E-state index is 12.5. The van der Waals surface area contributed by atoms with E-state index in [2.05, 4.69) is 0 Å². The van der Waals surface area contributed by atoms with E-state index in [1.165, 1.54) is 43.3 Å². The fraction of sp³-hybridized carbons (Fsp3) is 0.167. The molecule has 0 saturated carbocycles. The van der Waals surface area contributed by atoms with Gasteiger partial charge in [-0.1, -0.05) is 36.0 Å². The highest BCUT2D eigenvalue weighted by Gasteiger charge is 2.19. The van der Waals surface area contributed by atoms with Crippen molar-refractivity contribution in [3.63, 3.8) is 0 Å². The lowest BCUT2D eigenvalue weighted by Gasteiger charge is -2.09. The summed E-state index contributed by atoms with van der Waals surface area (Å²) in [6, 6.07) is 8.58. The number of nitro groups is 1. The maximum Gasteiger partial charge on any atom is 0.335 e. The van der Waals surface area contributed by atoms with E-state index < -0.39 is 10.9 Å². The molecule has 0 bridgehead atoms. The number of rotatable bonds is 7. The molecule has 2 aromatic rings. The van der Waals surface area contributed by atoms with Crippen LogP contribution in [-0.4, -0.2) is 26.6 Å². The Morgan fingerprint density at radius 1 is 1.27 bits per heavy atom. The predicted molar refractivity (Wildman–Crippen MR) is 101 cm³/mol. The number of carbonyl (C=O) groups excluding carboxylic acids is 1. The third-order valence-corrected chi connectivity index (χ3v) is 4.50. The van der Waals surface area contributed by atoms with Crippen LogP contribution < -0.4 is 0 Å². The molecule has 0 heterocycles. The lowest BCUT2D eigenvalue weighted by atomic mass is 9.97. The summed E-state index contributed by atoms with van der Waals surface area (Å²) in [5.41, 5.74) is 0.996. The number of hydrogen-bond donors (Lipinski definition) is 1. The van der Waals surface area contributed by atoms with Gasteiger partial charge in [-0.25, -0.2) is 4.79 Å². The second-order valence-corrected chi connectivity index (χ2v) is 6.62. The summed E-state index contributed by atoms with van der Waals surface area (Å²) >= 11 is 11.3. The Morgan fingerprint density at radius 2 is 1.96 bits per heavy atom. The molecule has 0 aromatic heterocycles. The lowest BCUT2D eigenvalue weighted by Crippen LogP contribution is -2.11. The Hall–Kier alpha value is -2.64. The highest BCUT2D eigenvalue weighted by Crippen LogP contribution is 2.23. The molecule has 0 aliphatic heterocycles. The second-order valence-electron chi connectivity index (χ2n) is 5.63. The van der Waals surface area contributed by atoms with Crippen molar-refractivity contribution in [2.75, 3.05) is 0 Å². The van der Waals surface area contributed by atoms with E-state index in [0.717, 1.165) is 0 Å². The van der Waals surface area contributed by atoms with E-state index >= 15 is 0 Å². The van der Waals surface area contributed by atoms with Gasteiger partial charge in [0.25, 0.3) is 5.69 Å². The Labute approximate surface area is 159 Å². The Bertz CT molecular complexity index is 926. The minimum atomic E-state index is -1.09. The minimum Gasteiger partial charge on any atom is -0.478 e. The molecule has 0 spiro atoms. The molecule has 0 amide bonds. The van der Waals surface area contributed by atoms with E-state index in [9.17, 15) is 19.7 Å². The van der Waals surface area contributed by atoms with E-state index in [4.69, 9.17) is 28.9 Å². The summed E-state index contributed by atoms with van der Waals surface area (Å²) in [6.45, 7) is 1.52. The summed E-state index contributed by atoms with van der Waals surface area (Å²) in [4.78, 5) is 34.3. The van der Waals surface area contributed by atoms with Crippen molar-refractivity contribution >= 4 is 46.1 Å². The average Bonchev–Trinajstić information content (AvgIpc) is 2.56. The number of nitro benzene ring substituents is 1. The molecule has 0 atom stereocenters. The molecule has 8 heteroatoms. The normalized spacial score (nSPS) is 10.4. The first-order chi connectivity index (χ1) is 12.2. The number of aromatic carboxylic acids is 1. The fourth-order valence-corrected chi connectivity index (χ4v) is 2.99. The lowest BCUT2D eigenvalue weighted by molar-refractivity contribution is -0.385. The van der Waals surface area contributed by atoms with Crippen LogP contribution in [0.15, 0.2) is 36.4 Å². The van der Waals surface area contributed by atoms with Gasteiger partial charge in [0.2, 0.25) is 0 Å². The Kier molecular flexibility index (Phi) is 6.18. The quantitative estimate of drug-likeness (QED) is 0.324. The first-order valence-corrected chi connectivity index (χ1v) is 8.30. The average molecular weight is 392 g/mol. The minimum absolute atomic E-state index is 0.0769. The van der Waals surface area contributed by atoms with Crippen LogP contribution in [-0.2, 0) is 6.42 Å². The molecule has 2 rings (SSSR count). The summed E-state index contributed by atoms with van der Waals surface area (Å²) in [7, 11) is 0. The number of halogens is 1. The summed E-state index contributed by atoms with van der Waals surface area (Å²) < 4.78 is 0. The zero-order valence-corrected chi connectivity index (χ0v) is 15.3. The van der Waals surface area contributed by atoms with Crippen molar-refractivity contribution in [2.45, 2.75) is 19.8 Å². The standard InChI is InChI=1S/C18H14ClNO5S/c1-10-14(3-2-4-16(10)20(24)25)17(21)9-13(26)8-12-7-11(18(22)23)5-6-15(12)19/h2-7H,8-9H2,1H3,(H,22,23). The second kappa shape index (κ2) is 8.16. The van der Waals surface area contributed by atoms with E-state index in [-0.39, 0.29) is 41.0 Å². The maximum atomic E-state index is 12.5. The van der Waals surface area contributed by atoms with Crippen molar-refractivity contribution in [1.29, 1.82) is 0 Å². The van der Waals surface area contributed by atoms with Crippen LogP contribution in [0.3, 0.4) is 0 Å². The van der Waals surface area contributed by atoms with Gasteiger partial charge in [0.05, 0.1) is 10.5 Å². The molecular weight excluding hydrogens is 378 g/mol. The van der Waals surface area contributed by atoms with E-state index in [1.807, 2.05) is 0 Å². The third-order valence-electron chi connectivity index (χ3n) is 3.84. The van der Waals surface area contributed by atoms with Gasteiger partial charge in [-0.05, 0) is 30.7 Å². The largest absolute Gasteiger partial charge is 0.478 e. The number of carbonyl (C=O) groups is 2. The van der Waals surface area contributed by atoms with Gasteiger partial charge in [-0.3, -0.25) is 14.9 Å². The first-order valence-electron chi connectivity index (χ1n) is 7.51. The Balaban J connectivity index is 2.17. The molecule has 134 valence electrons. The predicted octanol–water partition coefficient (Wildman–Crippen LogP) is 4.44. The monoisotopic (exact) mass is 391 g/mol. The Morgan fingerprint density at radius 3 is 2.58 bits per heavy atom. The number of hydrogen-bond acceptors (Lipinski definition) is 5. The van der Waals surface area contributed by atoms with Gasteiger partial charge in [0.1, 0.15) is 0 Å². The van der Waals surface area contributed by atoms with Crippen molar-refractivity contribution in [3.8, 4) is 0 Å². The zero-order chi connectivity index (χ0) is 19.4. The first kappa shape index (κ1) is 19.7. The molecule has 2 aromatic carbocycles. The molecule has 6 nitrogen and oxygen atoms in total. The van der Waals surface area contributed by atoms with Crippen LogP contribution in [0, 0.1) is 17.0 Å². The van der Waals surface area contributed by atoms with Crippen molar-refractivity contribution in [1.82, 2.24) is 0 Å². The molecule has 0 unspecified atom stereocenters. The van der Waals surface area contributed by atoms with Crippen LogP contribution in [0.5, 0.6) is 0 Å². The van der Waals surface area contributed by atoms with Gasteiger partial charge < -0.3 is 5.11 Å². The van der Waals surface area contributed by atoms with Gasteiger partial charge in [-0.15, -0.1) is 0 Å². The molecule has 1 N–H and O–H groups in total. The topological polar surface area (TPSA) is 97.5 Å². The molecule has 0 aliphatic rings. The van der Waals surface area contributed by atoms with Crippen molar-refractivity contribution < 1.29 is 19.6 Å². The summed E-state index contributed by atoms with van der Waals surface area (Å²) in [5, 5.41) is 20.4. The van der Waals surface area contributed by atoms with Gasteiger partial charge >= 0.3 is 5.97 Å². The number of carboxylic acid groups (broad SMARTS) is 1. The number of thiocarbonyl (C=S) groups is 1. The molecule has 0 saturated heterocycles. The molecule has 0 radical (unpaired) electrons. The van der Waals surface area contributed by atoms with Gasteiger partial charge in [-0.2, -0.15) is 0 Å². The fourth-order valence-electron chi connectivity index (χ4n) is 2.52. The highest BCUT2D eigenvalue weighted by atomic mass is 35.5. The van der Waals surface area contributed by atoms with E-state index in [1.54, 1.807) is 0 Å². The smallest absolute Gasteiger partial charge is 0.335 e. The molecule has 26 heavy (non-hydrogen) atoms. The van der Waals surface area contributed by atoms with Gasteiger partial charge in [0, 0.05) is 39.9 Å². The number of ketones is 1. The number of carboxylic acids is 1. The van der Waals surface area contributed by atoms with E-state index in [0.29, 0.717) is 15.5 Å². The summed E-state index contributed by atoms with van der Waals surface area (Å²) in [5.74, 6) is -1.42. The van der Waals surface area contributed by atoms with Crippen molar-refractivity contribution in [2.24, 2.45) is 0 Å². The van der Waals surface area contributed by atoms with Crippen LogP contribution in [0.2, 0.25) is 5.02 Å². The summed E-state index contributed by atoms with van der Waals surface area (Å²) in [6.07, 6.45) is 0.0694. The highest BCUT2D eigenvalue weighted by molar-refractivity contribution is 7.80.